The Balaban J connectivity index is 1.67. The molecule has 2 atom stereocenters. The Bertz CT molecular complexity index is 249. The van der Waals surface area contributed by atoms with Crippen molar-refractivity contribution in [1.82, 2.24) is 15.5 Å². The van der Waals surface area contributed by atoms with Crippen LogP contribution >= 0.6 is 0 Å². The van der Waals surface area contributed by atoms with Gasteiger partial charge in [0.1, 0.15) is 0 Å². The van der Waals surface area contributed by atoms with Gasteiger partial charge in [0.25, 0.3) is 0 Å². The Morgan fingerprint density at radius 1 is 1.38 bits per heavy atom. The molecule has 1 aliphatic heterocycles. The Labute approximate surface area is 97.8 Å². The van der Waals surface area contributed by atoms with Crippen LogP contribution in [0.3, 0.4) is 0 Å². The van der Waals surface area contributed by atoms with Crippen LogP contribution in [0.25, 0.3) is 0 Å². The van der Waals surface area contributed by atoms with Gasteiger partial charge in [0.15, 0.2) is 0 Å². The molecule has 2 N–H and O–H groups in total. The third-order valence-electron chi connectivity index (χ3n) is 3.67. The molecule has 0 aromatic rings. The van der Waals surface area contributed by atoms with Crippen LogP contribution in [0.5, 0.6) is 0 Å². The minimum Gasteiger partial charge on any atom is -0.338 e. The highest BCUT2D eigenvalue weighted by atomic mass is 16.2. The van der Waals surface area contributed by atoms with E-state index in [4.69, 9.17) is 0 Å². The summed E-state index contributed by atoms with van der Waals surface area (Å²) < 4.78 is 0. The summed E-state index contributed by atoms with van der Waals surface area (Å²) in [6, 6.07) is 1.47. The van der Waals surface area contributed by atoms with Crippen LogP contribution in [-0.2, 0) is 0 Å². The predicted octanol–water partition coefficient (Wildman–Crippen LogP) is 1.18. The van der Waals surface area contributed by atoms with E-state index in [-0.39, 0.29) is 6.03 Å². The average molecular weight is 225 g/mol. The van der Waals surface area contributed by atoms with E-state index in [2.05, 4.69) is 17.6 Å². The molecule has 2 rings (SSSR count). The molecule has 0 bridgehead atoms. The summed E-state index contributed by atoms with van der Waals surface area (Å²) in [6.45, 7) is 6.76. The summed E-state index contributed by atoms with van der Waals surface area (Å²) in [5.41, 5.74) is 0. The Kier molecular flexibility index (Phi) is 3.69. The third-order valence-corrected chi connectivity index (χ3v) is 3.67. The molecule has 4 nitrogen and oxygen atoms in total. The van der Waals surface area contributed by atoms with Gasteiger partial charge < -0.3 is 15.5 Å². The summed E-state index contributed by atoms with van der Waals surface area (Å²) in [5.74, 6) is 0.862. The Hall–Kier alpha value is -0.770. The first-order chi connectivity index (χ1) is 7.70. The van der Waals surface area contributed by atoms with Gasteiger partial charge in [0.2, 0.25) is 0 Å². The minimum absolute atomic E-state index is 0.0979. The maximum atomic E-state index is 11.6. The molecule has 1 aliphatic carbocycles. The zero-order chi connectivity index (χ0) is 11.5. The molecule has 0 aromatic carbocycles. The van der Waals surface area contributed by atoms with E-state index >= 15 is 0 Å². The molecule has 2 fully saturated rings. The number of hydrogen-bond acceptors (Lipinski definition) is 2. The zero-order valence-corrected chi connectivity index (χ0v) is 10.3. The van der Waals surface area contributed by atoms with Crippen LogP contribution in [-0.4, -0.2) is 42.6 Å². The SMILES string of the molecule is CCNC(=O)N1CCC(NC2CC2C)CC1. The van der Waals surface area contributed by atoms with Gasteiger partial charge in [-0.25, -0.2) is 4.79 Å². The zero-order valence-electron chi connectivity index (χ0n) is 10.3. The van der Waals surface area contributed by atoms with E-state index in [1.165, 1.54) is 6.42 Å². The number of nitrogens with one attached hydrogen (secondary N) is 2. The molecule has 92 valence electrons. The van der Waals surface area contributed by atoms with Crippen LogP contribution in [0.15, 0.2) is 0 Å². The summed E-state index contributed by atoms with van der Waals surface area (Å²) >= 11 is 0. The van der Waals surface area contributed by atoms with Crippen LogP contribution in [0, 0.1) is 5.92 Å². The van der Waals surface area contributed by atoms with Gasteiger partial charge >= 0.3 is 6.03 Å². The van der Waals surface area contributed by atoms with Crippen molar-refractivity contribution in [3.63, 3.8) is 0 Å². The lowest BCUT2D eigenvalue weighted by molar-refractivity contribution is 0.176. The number of carbonyl (C=O) groups excluding carboxylic acids is 1. The van der Waals surface area contributed by atoms with Gasteiger partial charge in [-0.15, -0.1) is 0 Å². The second-order valence-corrected chi connectivity index (χ2v) is 5.08. The highest BCUT2D eigenvalue weighted by Gasteiger charge is 2.35. The van der Waals surface area contributed by atoms with Crippen molar-refractivity contribution in [2.75, 3.05) is 19.6 Å². The molecular weight excluding hydrogens is 202 g/mol. The number of amides is 2. The van der Waals surface area contributed by atoms with Gasteiger partial charge in [-0.3, -0.25) is 0 Å². The van der Waals surface area contributed by atoms with E-state index in [1.807, 2.05) is 11.8 Å². The second-order valence-electron chi connectivity index (χ2n) is 5.08. The van der Waals surface area contributed by atoms with Crippen molar-refractivity contribution >= 4 is 6.03 Å². The van der Waals surface area contributed by atoms with Crippen LogP contribution in [0.4, 0.5) is 4.79 Å². The standard InChI is InChI=1S/C12H23N3O/c1-3-13-12(16)15-6-4-10(5-7-15)14-11-8-9(11)2/h9-11,14H,3-8H2,1-2H3,(H,13,16). The van der Waals surface area contributed by atoms with Crippen LogP contribution < -0.4 is 10.6 Å². The van der Waals surface area contributed by atoms with E-state index in [0.29, 0.717) is 6.04 Å². The fraction of sp³-hybridized carbons (Fsp3) is 0.917. The van der Waals surface area contributed by atoms with Gasteiger partial charge in [0, 0.05) is 31.7 Å². The fourth-order valence-electron chi connectivity index (χ4n) is 2.37. The first-order valence-corrected chi connectivity index (χ1v) is 6.49. The fourth-order valence-corrected chi connectivity index (χ4v) is 2.37. The Morgan fingerprint density at radius 3 is 2.50 bits per heavy atom. The smallest absolute Gasteiger partial charge is 0.317 e. The van der Waals surface area contributed by atoms with Crippen LogP contribution in [0.1, 0.15) is 33.1 Å². The molecule has 1 saturated heterocycles. The summed E-state index contributed by atoms with van der Waals surface area (Å²) in [6.07, 6.45) is 3.53. The lowest BCUT2D eigenvalue weighted by atomic mass is 10.1. The average Bonchev–Trinajstić information content (AvgIpc) is 2.95. The van der Waals surface area contributed by atoms with Gasteiger partial charge in [-0.05, 0) is 32.1 Å². The number of carbonyl (C=O) groups is 1. The van der Waals surface area contributed by atoms with E-state index in [0.717, 1.165) is 44.4 Å². The van der Waals surface area contributed by atoms with Crippen molar-refractivity contribution < 1.29 is 4.79 Å². The van der Waals surface area contributed by atoms with E-state index < -0.39 is 0 Å². The van der Waals surface area contributed by atoms with Gasteiger partial charge in [-0.2, -0.15) is 0 Å². The molecule has 2 unspecified atom stereocenters. The normalized spacial score (nSPS) is 30.2. The number of hydrogen-bond donors (Lipinski definition) is 2. The monoisotopic (exact) mass is 225 g/mol. The Morgan fingerprint density at radius 2 is 2.00 bits per heavy atom. The lowest BCUT2D eigenvalue weighted by Gasteiger charge is -2.32. The molecule has 2 amide bonds. The highest BCUT2D eigenvalue weighted by molar-refractivity contribution is 5.74. The summed E-state index contributed by atoms with van der Waals surface area (Å²) in [4.78, 5) is 13.5. The topological polar surface area (TPSA) is 44.4 Å². The maximum Gasteiger partial charge on any atom is 0.317 e. The number of nitrogens with zero attached hydrogens (tertiary/aromatic N) is 1. The van der Waals surface area contributed by atoms with Crippen molar-refractivity contribution in [2.45, 2.75) is 45.2 Å². The minimum atomic E-state index is 0.0979. The first kappa shape index (κ1) is 11.7. The predicted molar refractivity (Wildman–Crippen MR) is 64.4 cm³/mol. The third kappa shape index (κ3) is 2.88. The van der Waals surface area contributed by atoms with Crippen molar-refractivity contribution in [1.29, 1.82) is 0 Å². The molecule has 1 saturated carbocycles. The van der Waals surface area contributed by atoms with Crippen molar-refractivity contribution in [3.05, 3.63) is 0 Å². The van der Waals surface area contributed by atoms with Gasteiger partial charge in [0.05, 0.1) is 0 Å². The number of urea groups is 1. The molecule has 2 aliphatic rings. The quantitative estimate of drug-likeness (QED) is 0.757. The van der Waals surface area contributed by atoms with Crippen molar-refractivity contribution in [3.8, 4) is 0 Å². The molecule has 16 heavy (non-hydrogen) atoms. The summed E-state index contributed by atoms with van der Waals surface area (Å²) in [5, 5.41) is 6.53. The van der Waals surface area contributed by atoms with Crippen LogP contribution in [0.2, 0.25) is 0 Å². The molecule has 1 heterocycles. The van der Waals surface area contributed by atoms with Gasteiger partial charge in [-0.1, -0.05) is 6.92 Å². The maximum absolute atomic E-state index is 11.6. The lowest BCUT2D eigenvalue weighted by Crippen LogP contribution is -2.48. The number of rotatable bonds is 3. The number of piperidine rings is 1. The first-order valence-electron chi connectivity index (χ1n) is 6.49. The largest absolute Gasteiger partial charge is 0.338 e. The second kappa shape index (κ2) is 5.04. The highest BCUT2D eigenvalue weighted by Crippen LogP contribution is 2.30. The molecular formula is C12H23N3O. The molecule has 0 radical (unpaired) electrons. The van der Waals surface area contributed by atoms with E-state index in [9.17, 15) is 4.79 Å². The number of likely N-dealkylation sites (tertiary alicyclic amines) is 1. The van der Waals surface area contributed by atoms with E-state index in [1.54, 1.807) is 0 Å². The molecule has 0 aromatic heterocycles. The molecule has 0 spiro atoms. The summed E-state index contributed by atoms with van der Waals surface area (Å²) in [7, 11) is 0. The van der Waals surface area contributed by atoms with Crippen molar-refractivity contribution in [2.24, 2.45) is 5.92 Å². The molecule has 4 heteroatoms.